The predicted octanol–water partition coefficient (Wildman–Crippen LogP) is 8.29. The smallest absolute Gasteiger partial charge is 0.309 e. The number of amides is 1. The maximum Gasteiger partial charge on any atom is 0.309 e. The van der Waals surface area contributed by atoms with Crippen molar-refractivity contribution in [3.8, 4) is 16.9 Å². The lowest BCUT2D eigenvalue weighted by atomic mass is 9.80. The zero-order valence-electron chi connectivity index (χ0n) is 33.9. The second-order valence-corrected chi connectivity index (χ2v) is 17.4. The number of pyridine rings is 1. The summed E-state index contributed by atoms with van der Waals surface area (Å²) >= 11 is 13.9. The van der Waals surface area contributed by atoms with Crippen molar-refractivity contribution in [1.82, 2.24) is 29.2 Å². The molecule has 11 nitrogen and oxygen atoms in total. The molecule has 2 N–H and O–H groups in total. The van der Waals surface area contributed by atoms with Crippen molar-refractivity contribution in [2.45, 2.75) is 58.0 Å². The topological polar surface area (TPSA) is 116 Å². The molecule has 2 aliphatic carbocycles. The van der Waals surface area contributed by atoms with Gasteiger partial charge in [0.15, 0.2) is 5.82 Å². The van der Waals surface area contributed by atoms with Crippen LogP contribution in [0.3, 0.4) is 0 Å². The van der Waals surface area contributed by atoms with Gasteiger partial charge in [0.25, 0.3) is 5.91 Å². The summed E-state index contributed by atoms with van der Waals surface area (Å²) in [5, 5.41) is 13.4. The summed E-state index contributed by atoms with van der Waals surface area (Å²) < 4.78 is 23.2. The number of methoxy groups -OCH3 is 1. The van der Waals surface area contributed by atoms with E-state index in [2.05, 4.69) is 25.0 Å². The quantitative estimate of drug-likeness (QED) is 0.122. The molecule has 7 rings (SSSR count). The number of rotatable bonds is 15. The molecule has 2 aromatic heterocycles. The van der Waals surface area contributed by atoms with Gasteiger partial charge >= 0.3 is 5.97 Å². The molecule has 1 aliphatic heterocycles. The Hall–Kier alpha value is -4.33. The molecule has 1 amide bonds. The second-order valence-electron chi connectivity index (χ2n) is 16.7. The molecule has 58 heavy (non-hydrogen) atoms. The maximum absolute atomic E-state index is 15.8. The first-order valence-electron chi connectivity index (χ1n) is 19.8. The van der Waals surface area contributed by atoms with Crippen LogP contribution in [-0.4, -0.2) is 101 Å². The van der Waals surface area contributed by atoms with Crippen molar-refractivity contribution >= 4 is 52.7 Å². The van der Waals surface area contributed by atoms with Gasteiger partial charge in [0.2, 0.25) is 0 Å². The Morgan fingerprint density at radius 2 is 1.78 bits per heavy atom. The maximum atomic E-state index is 15.8. The largest absolute Gasteiger partial charge is 0.496 e. The lowest BCUT2D eigenvalue weighted by Crippen LogP contribution is -2.34. The Morgan fingerprint density at radius 1 is 1.05 bits per heavy atom. The predicted molar refractivity (Wildman–Crippen MR) is 227 cm³/mol. The third-order valence-electron chi connectivity index (χ3n) is 12.6. The first-order valence-corrected chi connectivity index (χ1v) is 20.6. The molecule has 2 bridgehead atoms. The lowest BCUT2D eigenvalue weighted by Gasteiger charge is -2.32. The number of nitrogens with one attached hydrogen (secondary N) is 1. The average Bonchev–Trinajstić information content (AvgIpc) is 3.89. The molecule has 2 saturated carbocycles. The number of imidazole rings is 1. The van der Waals surface area contributed by atoms with Gasteiger partial charge < -0.3 is 29.5 Å². The van der Waals surface area contributed by atoms with Gasteiger partial charge in [0.05, 0.1) is 34.0 Å². The van der Waals surface area contributed by atoms with E-state index >= 15 is 4.39 Å². The molecule has 3 heterocycles. The molecule has 0 saturated heterocycles. The van der Waals surface area contributed by atoms with Crippen molar-refractivity contribution in [1.29, 1.82) is 0 Å². The van der Waals surface area contributed by atoms with Crippen LogP contribution in [0.2, 0.25) is 10.0 Å². The van der Waals surface area contributed by atoms with Gasteiger partial charge in [-0.1, -0.05) is 53.5 Å². The van der Waals surface area contributed by atoms with Crippen molar-refractivity contribution in [3.63, 3.8) is 0 Å². The molecular formula is C44H52Cl2FN7O4. The highest BCUT2D eigenvalue weighted by atomic mass is 35.5. The van der Waals surface area contributed by atoms with E-state index in [1.807, 2.05) is 32.8 Å². The van der Waals surface area contributed by atoms with Gasteiger partial charge in [0, 0.05) is 80.8 Å². The van der Waals surface area contributed by atoms with E-state index < -0.39 is 17.2 Å². The summed E-state index contributed by atoms with van der Waals surface area (Å²) in [6.07, 6.45) is 9.07. The number of anilines is 1. The van der Waals surface area contributed by atoms with Crippen molar-refractivity contribution in [2.75, 3.05) is 59.7 Å². The monoisotopic (exact) mass is 831 g/mol. The number of hydrogen-bond acceptors (Lipinski definition) is 8. The number of carboxylic acid groups (broad SMARTS) is 1. The fourth-order valence-electron chi connectivity index (χ4n) is 9.07. The molecule has 0 radical (unpaired) electrons. The van der Waals surface area contributed by atoms with Gasteiger partial charge in [-0.25, -0.2) is 9.37 Å². The van der Waals surface area contributed by atoms with Crippen LogP contribution in [0.5, 0.6) is 5.75 Å². The standard InChI is InChI=1S/C44H52Cl2FN7O4/c1-51(2)20-21-52(3)25-29-24-48-34(23-37(29)58-5)32(47)22-28-8-6-9-30(38(28)45)31-10-7-11-33(39(31)46)50-41(55)40-49-35-26-54(18-12-36(35)53(40)4)19-17-43-13-15-44(27-43,16-14-43)42(56)57/h6-11,22-24H,12-21,25-27H2,1-5H3,(H,50,55)(H,56,57)/b32-22-. The van der Waals surface area contributed by atoms with Gasteiger partial charge in [-0.3, -0.25) is 19.5 Å². The normalized spacial score (nSPS) is 20.6. The summed E-state index contributed by atoms with van der Waals surface area (Å²) in [6, 6.07) is 12.2. The van der Waals surface area contributed by atoms with Gasteiger partial charge in [-0.05, 0) is 89.3 Å². The summed E-state index contributed by atoms with van der Waals surface area (Å²) in [5.74, 6) is -0.760. The number of ether oxygens (including phenoxy) is 1. The van der Waals surface area contributed by atoms with Crippen LogP contribution in [-0.2, 0) is 31.4 Å². The van der Waals surface area contributed by atoms with E-state index in [-0.39, 0.29) is 27.1 Å². The Balaban J connectivity index is 1.03. The first kappa shape index (κ1) is 41.8. The van der Waals surface area contributed by atoms with Crippen molar-refractivity contribution in [3.05, 3.63) is 92.7 Å². The number of carbonyl (C=O) groups excluding carboxylic acids is 1. The molecule has 4 aromatic rings. The molecule has 0 spiro atoms. The Morgan fingerprint density at radius 3 is 2.47 bits per heavy atom. The van der Waals surface area contributed by atoms with Crippen molar-refractivity contribution < 1.29 is 23.8 Å². The molecular weight excluding hydrogens is 780 g/mol. The fourth-order valence-corrected chi connectivity index (χ4v) is 9.63. The Labute approximate surface area is 349 Å². The highest BCUT2D eigenvalue weighted by Gasteiger charge is 2.57. The van der Waals surface area contributed by atoms with Crippen LogP contribution in [0.25, 0.3) is 23.0 Å². The number of nitrogens with zero attached hydrogens (tertiary/aromatic N) is 6. The Kier molecular flexibility index (Phi) is 12.3. The van der Waals surface area contributed by atoms with Crippen LogP contribution < -0.4 is 10.1 Å². The molecule has 3 aliphatic rings. The third-order valence-corrected chi connectivity index (χ3v) is 13.4. The molecule has 0 atom stereocenters. The number of carbonyl (C=O) groups is 2. The average molecular weight is 833 g/mol. The first-order chi connectivity index (χ1) is 27.7. The van der Waals surface area contributed by atoms with E-state index in [0.29, 0.717) is 47.0 Å². The number of halogens is 3. The summed E-state index contributed by atoms with van der Waals surface area (Å²) in [5.41, 5.74) is 4.46. The van der Waals surface area contributed by atoms with Gasteiger partial charge in [-0.2, -0.15) is 0 Å². The van der Waals surface area contributed by atoms with Crippen LogP contribution in [0.1, 0.15) is 77.4 Å². The van der Waals surface area contributed by atoms with Crippen LogP contribution in [0.15, 0.2) is 48.7 Å². The minimum absolute atomic E-state index is 0.121. The van der Waals surface area contributed by atoms with Crippen molar-refractivity contribution in [2.24, 2.45) is 17.9 Å². The second kappa shape index (κ2) is 17.1. The highest BCUT2D eigenvalue weighted by Crippen LogP contribution is 2.63. The molecule has 308 valence electrons. The molecule has 14 heteroatoms. The van der Waals surface area contributed by atoms with Crippen LogP contribution in [0.4, 0.5) is 10.1 Å². The number of carboxylic acids is 1. The number of hydrogen-bond donors (Lipinski definition) is 2. The van der Waals surface area contributed by atoms with E-state index in [0.717, 1.165) is 88.1 Å². The minimum atomic E-state index is -0.632. The van der Waals surface area contributed by atoms with E-state index in [9.17, 15) is 14.7 Å². The Bertz CT molecular complexity index is 2230. The van der Waals surface area contributed by atoms with Gasteiger partial charge in [0.1, 0.15) is 17.3 Å². The third kappa shape index (κ3) is 8.54. The minimum Gasteiger partial charge on any atom is -0.496 e. The van der Waals surface area contributed by atoms with Crippen LogP contribution >= 0.6 is 23.2 Å². The van der Waals surface area contributed by atoms with Crippen LogP contribution in [0, 0.1) is 10.8 Å². The molecule has 0 unspecified atom stereocenters. The number of benzene rings is 2. The number of likely N-dealkylation sites (N-methyl/N-ethyl adjacent to an activating group) is 2. The molecule has 2 fully saturated rings. The number of aromatic nitrogens is 3. The summed E-state index contributed by atoms with van der Waals surface area (Å²) in [4.78, 5) is 41.5. The summed E-state index contributed by atoms with van der Waals surface area (Å²) in [7, 11) is 9.49. The fraction of sp³-hybridized carbons (Fsp3) is 0.455. The number of aliphatic carboxylic acids is 1. The highest BCUT2D eigenvalue weighted by molar-refractivity contribution is 6.39. The van der Waals surface area contributed by atoms with Gasteiger partial charge in [-0.15, -0.1) is 0 Å². The zero-order chi connectivity index (χ0) is 41.4. The van der Waals surface area contributed by atoms with E-state index in [1.165, 1.54) is 6.08 Å². The SMILES string of the molecule is COc1cc(/C(F)=C/c2cccc(-c3cccc(NC(=O)c4nc5c(n4C)CCN(CCC46CCC(C(=O)O)(CC4)C6)C5)c3Cl)c2Cl)ncc1CN(C)CCN(C)C. The zero-order valence-corrected chi connectivity index (χ0v) is 35.4. The van der Waals surface area contributed by atoms with E-state index in [1.54, 1.807) is 55.8 Å². The van der Waals surface area contributed by atoms with E-state index in [4.69, 9.17) is 32.9 Å². The summed E-state index contributed by atoms with van der Waals surface area (Å²) in [6.45, 7) is 4.74. The lowest BCUT2D eigenvalue weighted by molar-refractivity contribution is -0.148. The molecule has 2 aromatic carbocycles. The number of fused-ring (bicyclic) bond motifs is 3.